The molecule has 2 aliphatic rings. The Morgan fingerprint density at radius 3 is 1.06 bits per heavy atom. The van der Waals surface area contributed by atoms with Gasteiger partial charge in [0, 0.05) is 62.7 Å². The van der Waals surface area contributed by atoms with E-state index in [1.165, 1.54) is 134 Å². The van der Waals surface area contributed by atoms with E-state index in [1.807, 2.05) is 23.5 Å². The van der Waals surface area contributed by atoms with E-state index in [4.69, 9.17) is 0 Å². The molecule has 0 N–H and O–H groups in total. The molecule has 63 heavy (non-hydrogen) atoms. The number of nitrogens with zero attached hydrogens (tertiary/aromatic N) is 2. The summed E-state index contributed by atoms with van der Waals surface area (Å²) in [6, 6.07) is 41.6. The Bertz CT molecular complexity index is 3590. The third-order valence-corrected chi connectivity index (χ3v) is 17.3. The van der Waals surface area contributed by atoms with E-state index in [9.17, 15) is 0 Å². The highest BCUT2D eigenvalue weighted by atomic mass is 32.2. The molecule has 310 valence electrons. The van der Waals surface area contributed by atoms with Crippen molar-refractivity contribution in [3.63, 3.8) is 0 Å². The molecule has 2 aliphatic heterocycles. The molecule has 13 rings (SSSR count). The number of hydrogen-bond acceptors (Lipinski definition) is 2. The molecule has 0 atom stereocenters. The molecule has 0 aliphatic carbocycles. The van der Waals surface area contributed by atoms with E-state index < -0.39 is 0 Å². The summed E-state index contributed by atoms with van der Waals surface area (Å²) in [6.07, 6.45) is 0. The number of rotatable bonds is 0. The Morgan fingerprint density at radius 1 is 0.381 bits per heavy atom. The Labute approximate surface area is 379 Å². The van der Waals surface area contributed by atoms with Gasteiger partial charge in [-0.2, -0.15) is 0 Å². The maximum Gasteiger partial charge on any atom is 0.247 e. The van der Waals surface area contributed by atoms with Gasteiger partial charge in [-0.1, -0.05) is 160 Å². The van der Waals surface area contributed by atoms with Crippen LogP contribution in [0.4, 0.5) is 0 Å². The van der Waals surface area contributed by atoms with E-state index in [2.05, 4.69) is 195 Å². The molecule has 0 radical (unpaired) electrons. The van der Waals surface area contributed by atoms with Gasteiger partial charge in [0.1, 0.15) is 0 Å². The summed E-state index contributed by atoms with van der Waals surface area (Å²) >= 11 is 4.03. The molecule has 2 nitrogen and oxygen atoms in total. The van der Waals surface area contributed by atoms with Gasteiger partial charge < -0.3 is 8.80 Å². The summed E-state index contributed by atoms with van der Waals surface area (Å²) in [5, 5.41) is 11.0. The number of fused-ring (bicyclic) bond motifs is 18. The lowest BCUT2D eigenvalue weighted by Crippen LogP contribution is -2.58. The maximum absolute atomic E-state index is 2.64. The first-order chi connectivity index (χ1) is 29.8. The highest BCUT2D eigenvalue weighted by Crippen LogP contribution is 2.51. The minimum Gasteiger partial charge on any atom is -0.308 e. The molecule has 0 spiro atoms. The van der Waals surface area contributed by atoms with Crippen LogP contribution in [-0.2, 0) is 21.7 Å². The van der Waals surface area contributed by atoms with Gasteiger partial charge >= 0.3 is 0 Å². The summed E-state index contributed by atoms with van der Waals surface area (Å²) in [5.41, 5.74) is 18.0. The van der Waals surface area contributed by atoms with E-state index in [0.717, 1.165) is 0 Å². The number of aromatic nitrogens is 2. The predicted octanol–water partition coefficient (Wildman–Crippen LogP) is 14.6. The fraction of sp³-hybridized carbons (Fsp3) is 0.276. The van der Waals surface area contributed by atoms with E-state index >= 15 is 0 Å². The first-order valence-corrected chi connectivity index (χ1v) is 24.5. The third kappa shape index (κ3) is 5.02. The second-order valence-corrected chi connectivity index (χ2v) is 25.1. The topological polar surface area (TPSA) is 8.82 Å². The summed E-state index contributed by atoms with van der Waals surface area (Å²) in [6.45, 7) is 28.2. The highest BCUT2D eigenvalue weighted by Gasteiger charge is 2.42. The lowest BCUT2D eigenvalue weighted by atomic mass is 9.36. The lowest BCUT2D eigenvalue weighted by molar-refractivity contribution is 0.591. The Kier molecular flexibility index (Phi) is 7.29. The van der Waals surface area contributed by atoms with Crippen LogP contribution in [0, 0.1) is 0 Å². The first-order valence-electron chi connectivity index (χ1n) is 22.9. The third-order valence-electron chi connectivity index (χ3n) is 14.9. The molecular weight excluding hydrogens is 800 g/mol. The minimum absolute atomic E-state index is 0.0291. The zero-order chi connectivity index (χ0) is 43.6. The van der Waals surface area contributed by atoms with Crippen LogP contribution in [0.2, 0.25) is 0 Å². The van der Waals surface area contributed by atoms with Crippen molar-refractivity contribution in [3.05, 3.63) is 125 Å². The van der Waals surface area contributed by atoms with Gasteiger partial charge in [-0.25, -0.2) is 0 Å². The molecule has 11 aromatic rings. The van der Waals surface area contributed by atoms with Crippen molar-refractivity contribution in [2.45, 2.75) is 124 Å². The summed E-state index contributed by atoms with van der Waals surface area (Å²) in [5.74, 6) is 0. The van der Waals surface area contributed by atoms with Crippen LogP contribution in [0.5, 0.6) is 0 Å². The smallest absolute Gasteiger partial charge is 0.247 e. The van der Waals surface area contributed by atoms with Crippen molar-refractivity contribution in [3.8, 4) is 0 Å². The minimum atomic E-state index is 0.0291. The number of benzene rings is 7. The van der Waals surface area contributed by atoms with Crippen LogP contribution in [0.1, 0.15) is 105 Å². The molecule has 7 aromatic carbocycles. The summed E-state index contributed by atoms with van der Waals surface area (Å²) in [4.78, 5) is 5.62. The molecule has 4 aromatic heterocycles. The number of hydrogen-bond donors (Lipinski definition) is 0. The Hall–Kier alpha value is -5.10. The Balaban J connectivity index is 1.22. The van der Waals surface area contributed by atoms with Crippen molar-refractivity contribution in [2.75, 3.05) is 0 Å². The van der Waals surface area contributed by atoms with Crippen LogP contribution in [0.3, 0.4) is 0 Å². The van der Waals surface area contributed by atoms with Crippen LogP contribution in [0.25, 0.3) is 76.2 Å². The highest BCUT2D eigenvalue weighted by molar-refractivity contribution is 8.01. The monoisotopic (exact) mass is 852 g/mol. The maximum atomic E-state index is 2.64. The van der Waals surface area contributed by atoms with Gasteiger partial charge in [0.15, 0.2) is 0 Å². The zero-order valence-electron chi connectivity index (χ0n) is 38.6. The van der Waals surface area contributed by atoms with Crippen molar-refractivity contribution >= 4 is 123 Å². The largest absolute Gasteiger partial charge is 0.308 e. The normalized spacial score (nSPS) is 14.8. The zero-order valence-corrected chi connectivity index (χ0v) is 40.2. The molecule has 5 heteroatoms. The molecule has 0 saturated carbocycles. The van der Waals surface area contributed by atoms with E-state index in [1.54, 1.807) is 0 Å². The van der Waals surface area contributed by atoms with Crippen molar-refractivity contribution in [1.82, 2.24) is 8.80 Å². The van der Waals surface area contributed by atoms with Gasteiger partial charge in [0.25, 0.3) is 0 Å². The van der Waals surface area contributed by atoms with Crippen LogP contribution in [0.15, 0.2) is 123 Å². The lowest BCUT2D eigenvalue weighted by Gasteiger charge is -2.33. The van der Waals surface area contributed by atoms with Crippen molar-refractivity contribution < 1.29 is 0 Å². The Morgan fingerprint density at radius 2 is 0.714 bits per heavy atom. The summed E-state index contributed by atoms with van der Waals surface area (Å²) < 4.78 is 5.20. The van der Waals surface area contributed by atoms with Crippen molar-refractivity contribution in [1.29, 1.82) is 0 Å². The van der Waals surface area contributed by atoms with Gasteiger partial charge in [-0.15, -0.1) is 0 Å². The SMILES string of the molecule is CC(C)(C)c1ccc2c(c1)c1cc3c(c4c5cc(C(C)(C)C)ccc5n2c14)Sc1cccc2c1B3c1cc3c4cc(C(C)(C)C)ccc4n4c5ccc(C(C)(C)C)cc5c(c1S2)c34. The van der Waals surface area contributed by atoms with Crippen molar-refractivity contribution in [2.24, 2.45) is 0 Å². The van der Waals surface area contributed by atoms with Gasteiger partial charge in [0.05, 0.1) is 33.1 Å². The molecule has 6 heterocycles. The average Bonchev–Trinajstić information content (AvgIpc) is 3.94. The molecule has 0 unspecified atom stereocenters. The molecule has 0 amide bonds. The fourth-order valence-electron chi connectivity index (χ4n) is 11.4. The first kappa shape index (κ1) is 38.4. The predicted molar refractivity (Wildman–Crippen MR) is 276 cm³/mol. The van der Waals surface area contributed by atoms with Gasteiger partial charge in [-0.05, 0) is 110 Å². The van der Waals surface area contributed by atoms with E-state index in [0.29, 0.717) is 0 Å². The standard InChI is InChI=1S/C58H53BN2S2/c1-55(2,3)30-16-20-42-34(24-30)36-28-40-53(48-38-26-32(57(7,8)9)18-22-44(38)60(42)51(36)48)62-46-14-13-15-47-50(46)59(40)41-29-37-35-25-31(56(4,5)6)17-21-43(35)61-45-23-19-33(58(10,11)12)27-39(45)49(52(37)61)54(41)63-47/h13-29H,1-12H3. The van der Waals surface area contributed by atoms with Crippen LogP contribution < -0.4 is 16.4 Å². The van der Waals surface area contributed by atoms with Crippen LogP contribution >= 0.6 is 23.5 Å². The second kappa shape index (κ2) is 12.0. The molecule has 0 bridgehead atoms. The van der Waals surface area contributed by atoms with E-state index in [-0.39, 0.29) is 28.4 Å². The quantitative estimate of drug-likeness (QED) is 0.141. The molecular formula is C58H53BN2S2. The molecule has 0 saturated heterocycles. The van der Waals surface area contributed by atoms with Gasteiger partial charge in [-0.3, -0.25) is 0 Å². The van der Waals surface area contributed by atoms with Crippen LogP contribution in [-0.4, -0.2) is 15.5 Å². The van der Waals surface area contributed by atoms with Gasteiger partial charge in [0.2, 0.25) is 6.71 Å². The molecule has 0 fully saturated rings. The average molecular weight is 853 g/mol. The summed E-state index contributed by atoms with van der Waals surface area (Å²) in [7, 11) is 0. The second-order valence-electron chi connectivity index (χ2n) is 23.0. The fourth-order valence-corrected chi connectivity index (χ4v) is 14.1.